The first-order valence-corrected chi connectivity index (χ1v) is 15.3. The second kappa shape index (κ2) is 18.6. The molecule has 0 aliphatic heterocycles. The van der Waals surface area contributed by atoms with Gasteiger partial charge in [-0.15, -0.1) is 23.2 Å². The van der Waals surface area contributed by atoms with Gasteiger partial charge in [-0.1, -0.05) is 74.5 Å². The average molecular weight is 656 g/mol. The Hall–Kier alpha value is -3.18. The number of aliphatic carboxylic acids is 2. The number of alkyl halides is 2. The molecule has 0 amide bonds. The number of esters is 2. The van der Waals surface area contributed by atoms with Crippen molar-refractivity contribution in [3.05, 3.63) is 71.8 Å². The minimum atomic E-state index is -1.41. The molecule has 8 atom stereocenters. The molecule has 0 saturated heterocycles. The molecule has 12 heteroatoms. The summed E-state index contributed by atoms with van der Waals surface area (Å²) in [5.74, 6) is -11.7. The molecular weight excluding hydrogens is 615 g/mol. The van der Waals surface area contributed by atoms with Crippen molar-refractivity contribution in [2.24, 2.45) is 23.7 Å². The smallest absolute Gasteiger partial charge is 0.310 e. The number of benzene rings is 2. The van der Waals surface area contributed by atoms with Crippen LogP contribution in [-0.2, 0) is 28.7 Å². The van der Waals surface area contributed by atoms with E-state index in [1.165, 1.54) is 6.92 Å². The van der Waals surface area contributed by atoms with E-state index in [1.807, 2.05) is 37.3 Å². The first kappa shape index (κ1) is 37.0. The number of rotatable bonds is 19. The predicted molar refractivity (Wildman–Crippen MR) is 164 cm³/mol. The zero-order chi connectivity index (χ0) is 32.8. The number of aliphatic hydroxyl groups is 2. The molecule has 4 N–H and O–H groups in total. The van der Waals surface area contributed by atoms with Gasteiger partial charge >= 0.3 is 23.9 Å². The van der Waals surface area contributed by atoms with Crippen molar-refractivity contribution in [1.29, 1.82) is 0 Å². The minimum Gasteiger partial charge on any atom is -0.481 e. The molecule has 0 aliphatic rings. The number of carbonyl (C=O) groups excluding carboxylic acids is 2. The van der Waals surface area contributed by atoms with E-state index in [0.29, 0.717) is 5.56 Å². The van der Waals surface area contributed by atoms with Gasteiger partial charge in [0.2, 0.25) is 0 Å². The Morgan fingerprint density at radius 1 is 0.682 bits per heavy atom. The molecule has 2 rings (SSSR count). The Morgan fingerprint density at radius 2 is 1.14 bits per heavy atom. The van der Waals surface area contributed by atoms with Crippen LogP contribution >= 0.6 is 23.2 Å². The van der Waals surface area contributed by atoms with Gasteiger partial charge in [0.1, 0.15) is 25.4 Å². The highest BCUT2D eigenvalue weighted by atomic mass is 35.5. The summed E-state index contributed by atoms with van der Waals surface area (Å²) < 4.78 is 10.5. The fourth-order valence-corrected chi connectivity index (χ4v) is 5.31. The van der Waals surface area contributed by atoms with Gasteiger partial charge < -0.3 is 29.9 Å². The van der Waals surface area contributed by atoms with E-state index in [0.717, 1.165) is 5.56 Å². The molecule has 10 nitrogen and oxygen atoms in total. The molecule has 2 aromatic rings. The maximum absolute atomic E-state index is 13.8. The van der Waals surface area contributed by atoms with Gasteiger partial charge in [0, 0.05) is 0 Å². The molecule has 8 unspecified atom stereocenters. The molecule has 0 radical (unpaired) electrons. The molecule has 2 aromatic carbocycles. The summed E-state index contributed by atoms with van der Waals surface area (Å²) in [6.07, 6.45) is -2.66. The molecule has 0 aromatic heterocycles. The van der Waals surface area contributed by atoms with Gasteiger partial charge in [-0.2, -0.15) is 0 Å². The molecule has 242 valence electrons. The van der Waals surface area contributed by atoms with Crippen LogP contribution in [0.3, 0.4) is 0 Å². The van der Waals surface area contributed by atoms with Crippen LogP contribution < -0.4 is 0 Å². The largest absolute Gasteiger partial charge is 0.481 e. The third-order valence-corrected chi connectivity index (χ3v) is 8.37. The molecule has 0 fully saturated rings. The molecular formula is C32H40Cl2O10. The minimum absolute atomic E-state index is 0.00611. The van der Waals surface area contributed by atoms with Crippen molar-refractivity contribution in [1.82, 2.24) is 0 Å². The summed E-state index contributed by atoms with van der Waals surface area (Å²) in [5.41, 5.74) is 1.31. The van der Waals surface area contributed by atoms with Crippen LogP contribution in [0.2, 0.25) is 0 Å². The highest BCUT2D eigenvalue weighted by Gasteiger charge is 2.45. The van der Waals surface area contributed by atoms with E-state index >= 15 is 0 Å². The second-order valence-electron chi connectivity index (χ2n) is 10.9. The third-order valence-electron chi connectivity index (χ3n) is 7.65. The van der Waals surface area contributed by atoms with Crippen LogP contribution in [0.4, 0.5) is 0 Å². The fourth-order valence-electron chi connectivity index (χ4n) is 5.13. The first-order chi connectivity index (χ1) is 20.9. The Bertz CT molecular complexity index is 1200. The number of hydrogen-bond donors (Lipinski definition) is 4. The summed E-state index contributed by atoms with van der Waals surface area (Å²) in [5, 5.41) is 40.4. The van der Waals surface area contributed by atoms with E-state index in [1.54, 1.807) is 30.3 Å². The number of hydrogen-bond acceptors (Lipinski definition) is 8. The lowest BCUT2D eigenvalue weighted by atomic mass is 9.69. The van der Waals surface area contributed by atoms with Crippen LogP contribution in [0.15, 0.2) is 60.7 Å². The van der Waals surface area contributed by atoms with Crippen LogP contribution in [-0.4, -0.2) is 81.5 Å². The Morgan fingerprint density at radius 3 is 1.59 bits per heavy atom. The number of ether oxygens (including phenoxy) is 2. The van der Waals surface area contributed by atoms with Crippen LogP contribution in [0.25, 0.3) is 0 Å². The first-order valence-electron chi connectivity index (χ1n) is 14.3. The number of carboxylic acids is 2. The van der Waals surface area contributed by atoms with Gasteiger partial charge in [-0.3, -0.25) is 19.2 Å². The molecule has 0 bridgehead atoms. The monoisotopic (exact) mass is 654 g/mol. The maximum atomic E-state index is 13.8. The molecule has 0 heterocycles. The lowest BCUT2D eigenvalue weighted by molar-refractivity contribution is -0.163. The highest BCUT2D eigenvalue weighted by Crippen LogP contribution is 2.42. The Labute approximate surface area is 266 Å². The van der Waals surface area contributed by atoms with Crippen molar-refractivity contribution in [3.8, 4) is 0 Å². The van der Waals surface area contributed by atoms with E-state index < -0.39 is 78.9 Å². The quantitative estimate of drug-likeness (QED) is 0.127. The summed E-state index contributed by atoms with van der Waals surface area (Å²) in [6.45, 7) is 2.26. The maximum Gasteiger partial charge on any atom is 0.310 e. The number of carbonyl (C=O) groups is 4. The Kier molecular flexibility index (Phi) is 15.6. The van der Waals surface area contributed by atoms with E-state index in [9.17, 15) is 39.6 Å². The lowest BCUT2D eigenvalue weighted by Gasteiger charge is -2.34. The number of halogens is 2. The SMILES string of the molecule is CC(CC(C(=O)O)C(C(=O)OCC(O)CCl)C(CC(C(=O)O)C(C)C(=O)OCC(O)CCl)c1ccccc1)c1ccccc1. The van der Waals surface area contributed by atoms with E-state index in [2.05, 4.69) is 0 Å². The molecule has 0 aliphatic carbocycles. The Balaban J connectivity index is 2.60. The standard InChI is InChI=1S/C32H40Cl2O10/c1-19(21-9-5-3-6-10-21)13-27(30(39)40)28(32(42)44-18-24(36)16-34)26(22-11-7-4-8-12-22)14-25(29(37)38)20(2)31(41)43-17-23(35)15-33/h3-12,19-20,23-28,35-36H,13-18H2,1-2H3,(H,37,38)(H,39,40). The van der Waals surface area contributed by atoms with Crippen molar-refractivity contribution >= 4 is 47.1 Å². The summed E-state index contributed by atoms with van der Waals surface area (Å²) in [7, 11) is 0. The van der Waals surface area contributed by atoms with Gasteiger partial charge in [-0.25, -0.2) is 0 Å². The lowest BCUT2D eigenvalue weighted by Crippen LogP contribution is -2.40. The second-order valence-corrected chi connectivity index (χ2v) is 11.5. The highest BCUT2D eigenvalue weighted by molar-refractivity contribution is 6.18. The zero-order valence-corrected chi connectivity index (χ0v) is 26.1. The van der Waals surface area contributed by atoms with Gasteiger partial charge in [0.05, 0.1) is 35.4 Å². The van der Waals surface area contributed by atoms with Crippen LogP contribution in [0, 0.1) is 23.7 Å². The zero-order valence-electron chi connectivity index (χ0n) is 24.6. The van der Waals surface area contributed by atoms with Gasteiger partial charge in [-0.05, 0) is 35.8 Å². The van der Waals surface area contributed by atoms with E-state index in [4.69, 9.17) is 32.7 Å². The average Bonchev–Trinajstić information content (AvgIpc) is 3.03. The van der Waals surface area contributed by atoms with E-state index in [-0.39, 0.29) is 30.5 Å². The fraction of sp³-hybridized carbons (Fsp3) is 0.500. The van der Waals surface area contributed by atoms with Gasteiger partial charge in [0.25, 0.3) is 0 Å². The molecule has 0 saturated carbocycles. The summed E-state index contributed by atoms with van der Waals surface area (Å²) >= 11 is 11.2. The van der Waals surface area contributed by atoms with Crippen molar-refractivity contribution in [2.75, 3.05) is 25.0 Å². The normalized spacial score (nSPS) is 16.8. The van der Waals surface area contributed by atoms with Gasteiger partial charge in [0.15, 0.2) is 0 Å². The summed E-state index contributed by atoms with van der Waals surface area (Å²) in [6, 6.07) is 17.5. The van der Waals surface area contributed by atoms with Crippen molar-refractivity contribution in [3.63, 3.8) is 0 Å². The van der Waals surface area contributed by atoms with Crippen molar-refractivity contribution in [2.45, 2.75) is 50.7 Å². The van der Waals surface area contributed by atoms with Crippen molar-refractivity contribution < 1.29 is 49.1 Å². The molecule has 0 spiro atoms. The molecule has 44 heavy (non-hydrogen) atoms. The predicted octanol–water partition coefficient (Wildman–Crippen LogP) is 4.29. The summed E-state index contributed by atoms with van der Waals surface area (Å²) in [4.78, 5) is 52.0. The van der Waals surface area contributed by atoms with Crippen LogP contribution in [0.1, 0.15) is 49.7 Å². The number of aliphatic hydroxyl groups excluding tert-OH is 2. The third kappa shape index (κ3) is 11.1. The van der Waals surface area contributed by atoms with Crippen LogP contribution in [0.5, 0.6) is 0 Å². The number of carboxylic acid groups (broad SMARTS) is 2. The topological polar surface area (TPSA) is 168 Å².